The molecule has 0 bridgehead atoms. The molecule has 1 heterocycles. The lowest BCUT2D eigenvalue weighted by molar-refractivity contribution is 0.344. The first-order chi connectivity index (χ1) is 5.29. The van der Waals surface area contributed by atoms with Crippen LogP contribution in [0.3, 0.4) is 0 Å². The molecule has 0 amide bonds. The van der Waals surface area contributed by atoms with Gasteiger partial charge >= 0.3 is 0 Å². The Hall–Kier alpha value is 0.660. The molecular formula is C8H17NS2. The SMILES string of the molecule is CC(C)CCN1CSCSC1. The molecule has 1 aliphatic heterocycles. The summed E-state index contributed by atoms with van der Waals surface area (Å²) >= 11 is 4.09. The van der Waals surface area contributed by atoms with Crippen LogP contribution in [0, 0.1) is 5.92 Å². The highest BCUT2D eigenvalue weighted by atomic mass is 32.2. The van der Waals surface area contributed by atoms with Crippen LogP contribution in [0.4, 0.5) is 0 Å². The minimum absolute atomic E-state index is 0.854. The van der Waals surface area contributed by atoms with E-state index < -0.39 is 0 Å². The van der Waals surface area contributed by atoms with Gasteiger partial charge in [-0.25, -0.2) is 0 Å². The van der Waals surface area contributed by atoms with Crippen LogP contribution in [-0.4, -0.2) is 28.3 Å². The quantitative estimate of drug-likeness (QED) is 0.675. The predicted molar refractivity (Wildman–Crippen MR) is 55.9 cm³/mol. The van der Waals surface area contributed by atoms with E-state index in [1.807, 2.05) is 23.5 Å². The van der Waals surface area contributed by atoms with Crippen molar-refractivity contribution in [2.75, 3.05) is 23.4 Å². The monoisotopic (exact) mass is 191 g/mol. The lowest BCUT2D eigenvalue weighted by Gasteiger charge is -2.25. The molecule has 1 nitrogen and oxygen atoms in total. The summed E-state index contributed by atoms with van der Waals surface area (Å²) in [6.07, 6.45) is 1.35. The van der Waals surface area contributed by atoms with Gasteiger partial charge in [0.2, 0.25) is 0 Å². The van der Waals surface area contributed by atoms with Gasteiger partial charge in [-0.1, -0.05) is 13.8 Å². The van der Waals surface area contributed by atoms with Crippen LogP contribution in [0.25, 0.3) is 0 Å². The topological polar surface area (TPSA) is 3.24 Å². The van der Waals surface area contributed by atoms with E-state index in [0.717, 1.165) is 5.92 Å². The van der Waals surface area contributed by atoms with Gasteiger partial charge in [-0.15, -0.1) is 23.5 Å². The van der Waals surface area contributed by atoms with Gasteiger partial charge in [0.05, 0.1) is 0 Å². The molecule has 0 N–H and O–H groups in total. The second-order valence-electron chi connectivity index (χ2n) is 3.36. The number of rotatable bonds is 3. The van der Waals surface area contributed by atoms with Crippen LogP contribution in [0.5, 0.6) is 0 Å². The van der Waals surface area contributed by atoms with Crippen molar-refractivity contribution >= 4 is 23.5 Å². The Balaban J connectivity index is 2.05. The van der Waals surface area contributed by atoms with Gasteiger partial charge in [-0.2, -0.15) is 0 Å². The van der Waals surface area contributed by atoms with Crippen molar-refractivity contribution in [3.63, 3.8) is 0 Å². The van der Waals surface area contributed by atoms with E-state index in [1.54, 1.807) is 0 Å². The number of hydrogen-bond donors (Lipinski definition) is 0. The molecule has 11 heavy (non-hydrogen) atoms. The molecule has 0 aromatic carbocycles. The van der Waals surface area contributed by atoms with E-state index in [2.05, 4.69) is 18.7 Å². The fourth-order valence-electron chi connectivity index (χ4n) is 0.999. The Kier molecular flexibility index (Phi) is 4.72. The fourth-order valence-corrected chi connectivity index (χ4v) is 3.14. The fraction of sp³-hybridized carbons (Fsp3) is 1.00. The third kappa shape index (κ3) is 4.28. The highest BCUT2D eigenvalue weighted by Crippen LogP contribution is 2.22. The summed E-state index contributed by atoms with van der Waals surface area (Å²) in [7, 11) is 0. The number of nitrogens with zero attached hydrogens (tertiary/aromatic N) is 1. The van der Waals surface area contributed by atoms with E-state index in [9.17, 15) is 0 Å². The Morgan fingerprint density at radius 3 is 2.45 bits per heavy atom. The van der Waals surface area contributed by atoms with Crippen LogP contribution in [0.15, 0.2) is 0 Å². The Morgan fingerprint density at radius 1 is 1.27 bits per heavy atom. The predicted octanol–water partition coefficient (Wildman–Crippen LogP) is 2.69. The summed E-state index contributed by atoms with van der Waals surface area (Å²) in [4.78, 5) is 2.54. The molecule has 1 fully saturated rings. The molecular weight excluding hydrogens is 174 g/mol. The third-order valence-corrected chi connectivity index (χ3v) is 4.17. The molecule has 0 aromatic rings. The summed E-state index contributed by atoms with van der Waals surface area (Å²) in [5.41, 5.74) is 0. The molecule has 66 valence electrons. The average Bonchev–Trinajstić information content (AvgIpc) is 2.03. The van der Waals surface area contributed by atoms with Crippen molar-refractivity contribution in [2.45, 2.75) is 20.3 Å². The van der Waals surface area contributed by atoms with E-state index in [-0.39, 0.29) is 0 Å². The second-order valence-corrected chi connectivity index (χ2v) is 5.64. The highest BCUT2D eigenvalue weighted by Gasteiger charge is 2.09. The van der Waals surface area contributed by atoms with Gasteiger partial charge in [-0.05, 0) is 12.3 Å². The summed E-state index contributed by atoms with van der Waals surface area (Å²) in [5, 5.41) is 1.29. The maximum absolute atomic E-state index is 2.54. The molecule has 1 aliphatic rings. The van der Waals surface area contributed by atoms with Crippen molar-refractivity contribution in [3.8, 4) is 0 Å². The summed E-state index contributed by atoms with van der Waals surface area (Å²) in [6, 6.07) is 0. The minimum Gasteiger partial charge on any atom is -0.285 e. The first-order valence-electron chi connectivity index (χ1n) is 4.17. The molecule has 3 heteroatoms. The van der Waals surface area contributed by atoms with Gasteiger partial charge in [0.25, 0.3) is 0 Å². The lowest BCUT2D eigenvalue weighted by Crippen LogP contribution is -2.27. The molecule has 0 unspecified atom stereocenters. The lowest BCUT2D eigenvalue weighted by atomic mass is 10.1. The van der Waals surface area contributed by atoms with E-state index in [1.165, 1.54) is 29.8 Å². The van der Waals surface area contributed by atoms with Crippen molar-refractivity contribution < 1.29 is 0 Å². The van der Waals surface area contributed by atoms with Crippen molar-refractivity contribution in [2.24, 2.45) is 5.92 Å². The van der Waals surface area contributed by atoms with Crippen molar-refractivity contribution in [1.82, 2.24) is 4.90 Å². The number of hydrogen-bond acceptors (Lipinski definition) is 3. The highest BCUT2D eigenvalue weighted by molar-refractivity contribution is 8.16. The van der Waals surface area contributed by atoms with Gasteiger partial charge in [0, 0.05) is 23.4 Å². The van der Waals surface area contributed by atoms with Gasteiger partial charge in [0.15, 0.2) is 0 Å². The Morgan fingerprint density at radius 2 is 1.91 bits per heavy atom. The zero-order valence-electron chi connectivity index (χ0n) is 7.38. The van der Waals surface area contributed by atoms with Gasteiger partial charge < -0.3 is 0 Å². The molecule has 0 spiro atoms. The van der Waals surface area contributed by atoms with Crippen molar-refractivity contribution in [1.29, 1.82) is 0 Å². The molecule has 1 rings (SSSR count). The minimum atomic E-state index is 0.854. The van der Waals surface area contributed by atoms with Gasteiger partial charge in [0.1, 0.15) is 0 Å². The summed E-state index contributed by atoms with van der Waals surface area (Å²) < 4.78 is 0. The van der Waals surface area contributed by atoms with Crippen molar-refractivity contribution in [3.05, 3.63) is 0 Å². The molecule has 0 saturated carbocycles. The van der Waals surface area contributed by atoms with Crippen LogP contribution in [-0.2, 0) is 0 Å². The molecule has 0 aliphatic carbocycles. The van der Waals surface area contributed by atoms with E-state index in [4.69, 9.17) is 0 Å². The first kappa shape index (κ1) is 9.75. The second kappa shape index (κ2) is 5.33. The van der Waals surface area contributed by atoms with Crippen LogP contribution < -0.4 is 0 Å². The largest absolute Gasteiger partial charge is 0.285 e. The zero-order valence-corrected chi connectivity index (χ0v) is 9.01. The van der Waals surface area contributed by atoms with Gasteiger partial charge in [-0.3, -0.25) is 4.90 Å². The molecule has 0 atom stereocenters. The molecule has 0 aromatic heterocycles. The average molecular weight is 191 g/mol. The Bertz CT molecular complexity index is 100. The van der Waals surface area contributed by atoms with Crippen LogP contribution in [0.1, 0.15) is 20.3 Å². The first-order valence-corrected chi connectivity index (χ1v) is 6.48. The molecule has 0 radical (unpaired) electrons. The van der Waals surface area contributed by atoms with E-state index >= 15 is 0 Å². The van der Waals surface area contributed by atoms with Crippen LogP contribution >= 0.6 is 23.5 Å². The number of thioether (sulfide) groups is 2. The zero-order chi connectivity index (χ0) is 8.10. The third-order valence-electron chi connectivity index (χ3n) is 1.74. The van der Waals surface area contributed by atoms with E-state index in [0.29, 0.717) is 0 Å². The normalized spacial score (nSPS) is 21.0. The maximum atomic E-state index is 2.54. The summed E-state index contributed by atoms with van der Waals surface area (Å²) in [6.45, 7) is 5.88. The maximum Gasteiger partial charge on any atom is 0.0460 e. The smallest absolute Gasteiger partial charge is 0.0460 e. The Labute approximate surface area is 78.3 Å². The van der Waals surface area contributed by atoms with Crippen LogP contribution in [0.2, 0.25) is 0 Å². The molecule has 1 saturated heterocycles. The standard InChI is InChI=1S/C8H17NS2/c1-8(2)3-4-9-5-10-7-11-6-9/h8H,3-7H2,1-2H3. The summed E-state index contributed by atoms with van der Waals surface area (Å²) in [5.74, 6) is 3.35.